The SMILES string of the molecule is CCOC(=O)CC(c1cncc(OC)c1)c1ccc(C)c(CN2C[C@@H](C)Oc3ccccc3S2(=O)=O)c1. The maximum Gasteiger partial charge on any atom is 0.306 e. The normalized spacial score (nSPS) is 17.7. The van der Waals surface area contributed by atoms with Crippen LogP contribution >= 0.6 is 0 Å². The van der Waals surface area contributed by atoms with Gasteiger partial charge in [-0.2, -0.15) is 4.31 Å². The van der Waals surface area contributed by atoms with Crippen LogP contribution in [0.3, 0.4) is 0 Å². The summed E-state index contributed by atoms with van der Waals surface area (Å²) in [5.41, 5.74) is 3.46. The minimum absolute atomic E-state index is 0.117. The van der Waals surface area contributed by atoms with Crippen molar-refractivity contribution in [3.05, 3.63) is 83.2 Å². The van der Waals surface area contributed by atoms with Gasteiger partial charge in [-0.1, -0.05) is 30.3 Å². The molecule has 1 aliphatic heterocycles. The zero-order valence-corrected chi connectivity index (χ0v) is 22.3. The fraction of sp³-hybridized carbons (Fsp3) is 0.357. The Balaban J connectivity index is 1.72. The number of carbonyl (C=O) groups excluding carboxylic acids is 1. The number of carbonyl (C=O) groups is 1. The van der Waals surface area contributed by atoms with Crippen molar-refractivity contribution in [1.82, 2.24) is 9.29 Å². The van der Waals surface area contributed by atoms with Crippen molar-refractivity contribution in [2.75, 3.05) is 20.3 Å². The van der Waals surface area contributed by atoms with Gasteiger partial charge < -0.3 is 14.2 Å². The van der Waals surface area contributed by atoms with Crippen molar-refractivity contribution >= 4 is 16.0 Å². The molecule has 196 valence electrons. The predicted octanol–water partition coefficient (Wildman–Crippen LogP) is 4.46. The molecular formula is C28H32N2O6S. The fourth-order valence-corrected chi connectivity index (χ4v) is 6.12. The lowest BCUT2D eigenvalue weighted by Crippen LogP contribution is -2.35. The molecule has 1 aromatic heterocycles. The lowest BCUT2D eigenvalue weighted by Gasteiger charge is -2.24. The number of benzene rings is 2. The number of pyridine rings is 1. The first-order chi connectivity index (χ1) is 17.7. The Hall–Kier alpha value is -3.43. The lowest BCUT2D eigenvalue weighted by molar-refractivity contribution is -0.143. The highest BCUT2D eigenvalue weighted by molar-refractivity contribution is 7.89. The van der Waals surface area contributed by atoms with E-state index in [1.54, 1.807) is 50.7 Å². The summed E-state index contributed by atoms with van der Waals surface area (Å²) < 4.78 is 45.1. The van der Waals surface area contributed by atoms with E-state index >= 15 is 0 Å². The molecule has 1 aliphatic rings. The molecule has 37 heavy (non-hydrogen) atoms. The summed E-state index contributed by atoms with van der Waals surface area (Å²) in [7, 11) is -2.22. The number of aryl methyl sites for hydroxylation is 1. The minimum Gasteiger partial charge on any atom is -0.495 e. The largest absolute Gasteiger partial charge is 0.495 e. The third-order valence-corrected chi connectivity index (χ3v) is 8.28. The summed E-state index contributed by atoms with van der Waals surface area (Å²) in [6.45, 7) is 6.26. The highest BCUT2D eigenvalue weighted by Crippen LogP contribution is 2.34. The van der Waals surface area contributed by atoms with E-state index in [2.05, 4.69) is 4.98 Å². The second-order valence-corrected chi connectivity index (χ2v) is 11.0. The van der Waals surface area contributed by atoms with Gasteiger partial charge in [0.1, 0.15) is 22.5 Å². The fourth-order valence-electron chi connectivity index (χ4n) is 4.51. The second-order valence-electron chi connectivity index (χ2n) is 9.08. The first-order valence-corrected chi connectivity index (χ1v) is 13.7. The van der Waals surface area contributed by atoms with Crippen LogP contribution in [-0.4, -0.2) is 50.0 Å². The van der Waals surface area contributed by atoms with E-state index in [0.717, 1.165) is 22.3 Å². The Morgan fingerprint density at radius 1 is 1.16 bits per heavy atom. The summed E-state index contributed by atoms with van der Waals surface area (Å²) in [6.07, 6.45) is 3.12. The van der Waals surface area contributed by atoms with Crippen LogP contribution in [0.2, 0.25) is 0 Å². The zero-order valence-electron chi connectivity index (χ0n) is 21.5. The van der Waals surface area contributed by atoms with Crippen molar-refractivity contribution in [1.29, 1.82) is 0 Å². The molecule has 0 fully saturated rings. The number of sulfonamides is 1. The third-order valence-electron chi connectivity index (χ3n) is 6.43. The molecule has 4 rings (SSSR count). The van der Waals surface area contributed by atoms with Gasteiger partial charge in [0.2, 0.25) is 10.0 Å². The van der Waals surface area contributed by atoms with Gasteiger partial charge >= 0.3 is 5.97 Å². The maximum absolute atomic E-state index is 13.6. The van der Waals surface area contributed by atoms with Crippen LogP contribution < -0.4 is 9.47 Å². The maximum atomic E-state index is 13.6. The van der Waals surface area contributed by atoms with Crippen LogP contribution in [-0.2, 0) is 26.1 Å². The molecule has 2 atom stereocenters. The van der Waals surface area contributed by atoms with Crippen molar-refractivity contribution in [3.63, 3.8) is 0 Å². The molecule has 0 bridgehead atoms. The number of methoxy groups -OCH3 is 1. The number of fused-ring (bicyclic) bond motifs is 1. The van der Waals surface area contributed by atoms with Gasteiger partial charge in [0.25, 0.3) is 0 Å². The first kappa shape index (κ1) is 26.6. The molecule has 0 radical (unpaired) electrons. The molecule has 9 heteroatoms. The number of aromatic nitrogens is 1. The summed E-state index contributed by atoms with van der Waals surface area (Å²) in [6, 6.07) is 14.4. The van der Waals surface area contributed by atoms with Crippen molar-refractivity contribution in [2.45, 2.75) is 50.7 Å². The molecule has 0 saturated carbocycles. The van der Waals surface area contributed by atoms with Crippen molar-refractivity contribution in [2.24, 2.45) is 0 Å². The monoisotopic (exact) mass is 524 g/mol. The molecule has 0 amide bonds. The van der Waals surface area contributed by atoms with Gasteiger partial charge in [-0.15, -0.1) is 0 Å². The van der Waals surface area contributed by atoms with Gasteiger partial charge in [-0.25, -0.2) is 8.42 Å². The molecule has 0 aliphatic carbocycles. The topological polar surface area (TPSA) is 95.0 Å². The van der Waals surface area contributed by atoms with Crippen LogP contribution in [0, 0.1) is 6.92 Å². The summed E-state index contributed by atoms with van der Waals surface area (Å²) >= 11 is 0. The van der Waals surface area contributed by atoms with E-state index in [1.807, 2.05) is 38.1 Å². The summed E-state index contributed by atoms with van der Waals surface area (Å²) in [5.74, 6) is 0.282. The van der Waals surface area contributed by atoms with Gasteiger partial charge in [0.15, 0.2) is 0 Å². The van der Waals surface area contributed by atoms with E-state index in [9.17, 15) is 13.2 Å². The average Bonchev–Trinajstić information content (AvgIpc) is 2.97. The number of hydrogen-bond donors (Lipinski definition) is 0. The molecule has 3 aromatic rings. The Kier molecular flexibility index (Phi) is 8.14. The standard InChI is InChI=1S/C28H32N2O6S/c1-5-35-28(31)14-25(22-13-24(34-4)16-29-15-22)21-11-10-19(2)23(12-21)18-30-17-20(3)36-26-8-6-7-9-27(26)37(30,32)33/h6-13,15-16,20,25H,5,14,17-18H2,1-4H3/t20-,25?/m1/s1. The molecule has 1 unspecified atom stereocenters. The highest BCUT2D eigenvalue weighted by Gasteiger charge is 2.33. The molecule has 0 saturated heterocycles. The van der Waals surface area contributed by atoms with E-state index in [4.69, 9.17) is 14.2 Å². The first-order valence-electron chi connectivity index (χ1n) is 12.2. The number of ether oxygens (including phenoxy) is 3. The summed E-state index contributed by atoms with van der Waals surface area (Å²) in [4.78, 5) is 17.0. The van der Waals surface area contributed by atoms with Crippen molar-refractivity contribution < 1.29 is 27.4 Å². The molecule has 0 N–H and O–H groups in total. The quantitative estimate of drug-likeness (QED) is 0.402. The molecule has 2 heterocycles. The van der Waals surface area contributed by atoms with Crippen LogP contribution in [0.15, 0.2) is 65.8 Å². The molecular weight excluding hydrogens is 492 g/mol. The van der Waals surface area contributed by atoms with Gasteiger partial charge in [-0.3, -0.25) is 9.78 Å². The molecule has 0 spiro atoms. The Morgan fingerprint density at radius 2 is 1.95 bits per heavy atom. The van der Waals surface area contributed by atoms with Crippen LogP contribution in [0.1, 0.15) is 48.4 Å². The lowest BCUT2D eigenvalue weighted by atomic mass is 9.87. The smallest absolute Gasteiger partial charge is 0.306 e. The predicted molar refractivity (Wildman–Crippen MR) is 139 cm³/mol. The highest BCUT2D eigenvalue weighted by atomic mass is 32.2. The number of rotatable bonds is 8. The van der Waals surface area contributed by atoms with Crippen LogP contribution in [0.5, 0.6) is 11.5 Å². The van der Waals surface area contributed by atoms with Crippen molar-refractivity contribution in [3.8, 4) is 11.5 Å². The number of hydrogen-bond acceptors (Lipinski definition) is 7. The second kappa shape index (κ2) is 11.3. The minimum atomic E-state index is -3.78. The van der Waals surface area contributed by atoms with E-state index < -0.39 is 10.0 Å². The number of esters is 1. The number of para-hydroxylation sites is 1. The van der Waals surface area contributed by atoms with Crippen LogP contribution in [0.4, 0.5) is 0 Å². The average molecular weight is 525 g/mol. The van der Waals surface area contributed by atoms with Gasteiger partial charge in [0, 0.05) is 18.7 Å². The third kappa shape index (κ3) is 5.94. The Labute approximate surface area is 218 Å². The van der Waals surface area contributed by atoms with Gasteiger partial charge in [0.05, 0.1) is 32.9 Å². The summed E-state index contributed by atoms with van der Waals surface area (Å²) in [5, 5.41) is 0. The Morgan fingerprint density at radius 3 is 2.70 bits per heavy atom. The molecule has 8 nitrogen and oxygen atoms in total. The van der Waals surface area contributed by atoms with Gasteiger partial charge in [-0.05, 0) is 61.2 Å². The van der Waals surface area contributed by atoms with E-state index in [1.165, 1.54) is 4.31 Å². The van der Waals surface area contributed by atoms with Crippen LogP contribution in [0.25, 0.3) is 0 Å². The number of nitrogens with zero attached hydrogens (tertiary/aromatic N) is 2. The molecule has 2 aromatic carbocycles. The zero-order chi connectivity index (χ0) is 26.6. The Bertz CT molecular complexity index is 1370. The van der Waals surface area contributed by atoms with E-state index in [0.29, 0.717) is 11.5 Å². The van der Waals surface area contributed by atoms with E-state index in [-0.39, 0.29) is 49.0 Å².